The summed E-state index contributed by atoms with van der Waals surface area (Å²) in [6.45, 7) is 4.18. The van der Waals surface area contributed by atoms with Gasteiger partial charge in [-0.05, 0) is 32.0 Å². The van der Waals surface area contributed by atoms with Crippen molar-refractivity contribution >= 4 is 22.7 Å². The van der Waals surface area contributed by atoms with Gasteiger partial charge in [0, 0.05) is 17.1 Å². The molecule has 0 unspecified atom stereocenters. The highest BCUT2D eigenvalue weighted by atomic mass is 16.5. The molecule has 0 N–H and O–H groups in total. The van der Waals surface area contributed by atoms with Crippen molar-refractivity contribution in [3.05, 3.63) is 36.0 Å². The van der Waals surface area contributed by atoms with Gasteiger partial charge in [-0.15, -0.1) is 0 Å². The van der Waals surface area contributed by atoms with Crippen LogP contribution in [0, 0.1) is 0 Å². The Kier molecular flexibility index (Phi) is 4.30. The van der Waals surface area contributed by atoms with Gasteiger partial charge in [0.2, 0.25) is 0 Å². The van der Waals surface area contributed by atoms with Crippen LogP contribution in [0.1, 0.15) is 24.2 Å². The quantitative estimate of drug-likeness (QED) is 0.475. The van der Waals surface area contributed by atoms with Crippen LogP contribution in [0.2, 0.25) is 0 Å². The van der Waals surface area contributed by atoms with E-state index in [-0.39, 0.29) is 12.2 Å². The number of Topliss-reactive ketones (excluding diaryl/α,β-unsaturated/α-hetero) is 1. The highest BCUT2D eigenvalue weighted by Gasteiger charge is 2.21. The summed E-state index contributed by atoms with van der Waals surface area (Å²) < 4.78 is 10.2. The predicted octanol–water partition coefficient (Wildman–Crippen LogP) is 2.38. The Morgan fingerprint density at radius 1 is 1.15 bits per heavy atom. The van der Waals surface area contributed by atoms with Crippen molar-refractivity contribution in [3.63, 3.8) is 0 Å². The number of ether oxygens (including phenoxy) is 2. The van der Waals surface area contributed by atoms with E-state index in [9.17, 15) is 9.59 Å². The second-order valence-corrected chi connectivity index (χ2v) is 3.99. The molecule has 1 aromatic carbocycles. The first-order valence-electron chi connectivity index (χ1n) is 6.41. The average Bonchev–Trinajstić information content (AvgIpc) is 2.47. The molecule has 0 aliphatic rings. The Hall–Kier alpha value is -2.43. The fourth-order valence-electron chi connectivity index (χ4n) is 1.92. The van der Waals surface area contributed by atoms with Crippen molar-refractivity contribution in [1.29, 1.82) is 0 Å². The number of benzene rings is 1. The van der Waals surface area contributed by atoms with Crippen LogP contribution in [0.25, 0.3) is 10.9 Å². The molecule has 0 fully saturated rings. The van der Waals surface area contributed by atoms with E-state index in [1.807, 2.05) is 6.92 Å². The summed E-state index contributed by atoms with van der Waals surface area (Å²) in [5.41, 5.74) is 0.833. The zero-order chi connectivity index (χ0) is 14.5. The summed E-state index contributed by atoms with van der Waals surface area (Å²) >= 11 is 0. The van der Waals surface area contributed by atoms with Crippen LogP contribution in [0.4, 0.5) is 0 Å². The highest BCUT2D eigenvalue weighted by molar-refractivity contribution is 6.43. The summed E-state index contributed by atoms with van der Waals surface area (Å²) in [5, 5.41) is 0.580. The van der Waals surface area contributed by atoms with Crippen LogP contribution in [0.15, 0.2) is 30.5 Å². The van der Waals surface area contributed by atoms with Crippen LogP contribution < -0.4 is 4.74 Å². The summed E-state index contributed by atoms with van der Waals surface area (Å²) in [5.74, 6) is -0.946. The maximum atomic E-state index is 12.1. The van der Waals surface area contributed by atoms with Crippen LogP contribution in [-0.4, -0.2) is 30.0 Å². The van der Waals surface area contributed by atoms with E-state index in [1.54, 1.807) is 37.4 Å². The number of hydrogen-bond donors (Lipinski definition) is 0. The lowest BCUT2D eigenvalue weighted by Crippen LogP contribution is -2.18. The zero-order valence-electron chi connectivity index (χ0n) is 11.4. The number of hydrogen-bond acceptors (Lipinski definition) is 5. The van der Waals surface area contributed by atoms with E-state index < -0.39 is 11.8 Å². The van der Waals surface area contributed by atoms with Crippen LogP contribution in [0.5, 0.6) is 5.75 Å². The molecule has 104 valence electrons. The Labute approximate surface area is 116 Å². The molecule has 20 heavy (non-hydrogen) atoms. The van der Waals surface area contributed by atoms with Gasteiger partial charge in [0.05, 0.1) is 13.2 Å². The lowest BCUT2D eigenvalue weighted by molar-refractivity contribution is -0.137. The Bertz CT molecular complexity index is 651. The first kappa shape index (κ1) is 14.0. The van der Waals surface area contributed by atoms with E-state index >= 15 is 0 Å². The number of esters is 1. The summed E-state index contributed by atoms with van der Waals surface area (Å²) in [6, 6.07) is 6.65. The summed E-state index contributed by atoms with van der Waals surface area (Å²) in [7, 11) is 0. The highest BCUT2D eigenvalue weighted by Crippen LogP contribution is 2.27. The Morgan fingerprint density at radius 3 is 2.65 bits per heavy atom. The molecule has 2 aromatic rings. The second kappa shape index (κ2) is 6.14. The number of carbonyl (C=O) groups is 2. The molecule has 0 atom stereocenters. The first-order chi connectivity index (χ1) is 9.69. The Morgan fingerprint density at radius 2 is 1.95 bits per heavy atom. The molecular weight excluding hydrogens is 258 g/mol. The molecule has 1 aromatic heterocycles. The van der Waals surface area contributed by atoms with Gasteiger partial charge in [-0.2, -0.15) is 0 Å². The largest absolute Gasteiger partial charge is 0.492 e. The van der Waals surface area contributed by atoms with Gasteiger partial charge in [0.1, 0.15) is 11.3 Å². The van der Waals surface area contributed by atoms with Crippen LogP contribution in [0.3, 0.4) is 0 Å². The van der Waals surface area contributed by atoms with Crippen molar-refractivity contribution in [3.8, 4) is 5.75 Å². The van der Waals surface area contributed by atoms with E-state index in [2.05, 4.69) is 4.98 Å². The van der Waals surface area contributed by atoms with E-state index in [0.717, 1.165) is 0 Å². The number of pyridine rings is 1. The fourth-order valence-corrected chi connectivity index (χ4v) is 1.92. The maximum Gasteiger partial charge on any atom is 0.379 e. The van der Waals surface area contributed by atoms with Gasteiger partial charge in [0.25, 0.3) is 5.78 Å². The Balaban J connectivity index is 2.53. The third-order valence-electron chi connectivity index (χ3n) is 2.74. The fraction of sp³-hybridized carbons (Fsp3) is 0.267. The van der Waals surface area contributed by atoms with Crippen molar-refractivity contribution in [2.75, 3.05) is 13.2 Å². The summed E-state index contributed by atoms with van der Waals surface area (Å²) in [4.78, 5) is 27.9. The molecule has 0 amide bonds. The van der Waals surface area contributed by atoms with Gasteiger partial charge >= 0.3 is 5.97 Å². The van der Waals surface area contributed by atoms with E-state index in [1.165, 1.54) is 0 Å². The minimum absolute atomic E-state index is 0.164. The molecule has 1 heterocycles. The lowest BCUT2D eigenvalue weighted by Gasteiger charge is -2.09. The van der Waals surface area contributed by atoms with Crippen molar-refractivity contribution in [1.82, 2.24) is 4.98 Å². The van der Waals surface area contributed by atoms with Crippen molar-refractivity contribution < 1.29 is 19.1 Å². The molecule has 2 rings (SSSR count). The number of aromatic nitrogens is 1. The van der Waals surface area contributed by atoms with Gasteiger partial charge in [-0.1, -0.05) is 6.07 Å². The van der Waals surface area contributed by atoms with E-state index in [0.29, 0.717) is 23.3 Å². The molecule has 0 spiro atoms. The SMILES string of the molecule is CCOC(=O)C(=O)c1ccc(OCC)c2ncccc12. The number of fused-ring (bicyclic) bond motifs is 1. The molecule has 0 aliphatic carbocycles. The molecule has 5 heteroatoms. The van der Waals surface area contributed by atoms with Gasteiger partial charge < -0.3 is 9.47 Å². The average molecular weight is 273 g/mol. The third kappa shape index (κ3) is 2.61. The van der Waals surface area contributed by atoms with Gasteiger partial charge in [-0.3, -0.25) is 9.78 Å². The van der Waals surface area contributed by atoms with Crippen LogP contribution in [-0.2, 0) is 9.53 Å². The molecule has 0 aliphatic heterocycles. The summed E-state index contributed by atoms with van der Waals surface area (Å²) in [6.07, 6.45) is 1.61. The van der Waals surface area contributed by atoms with E-state index in [4.69, 9.17) is 9.47 Å². The van der Waals surface area contributed by atoms with Gasteiger partial charge in [0.15, 0.2) is 0 Å². The lowest BCUT2D eigenvalue weighted by atomic mass is 10.0. The molecule has 0 radical (unpaired) electrons. The number of carbonyl (C=O) groups excluding carboxylic acids is 2. The van der Waals surface area contributed by atoms with Gasteiger partial charge in [-0.25, -0.2) is 4.79 Å². The third-order valence-corrected chi connectivity index (χ3v) is 2.74. The van der Waals surface area contributed by atoms with Crippen molar-refractivity contribution in [2.45, 2.75) is 13.8 Å². The minimum atomic E-state index is -0.859. The zero-order valence-corrected chi connectivity index (χ0v) is 11.4. The topological polar surface area (TPSA) is 65.5 Å². The normalized spacial score (nSPS) is 10.3. The number of nitrogens with zero attached hydrogens (tertiary/aromatic N) is 1. The first-order valence-corrected chi connectivity index (χ1v) is 6.41. The monoisotopic (exact) mass is 273 g/mol. The molecule has 0 saturated carbocycles. The standard InChI is InChI=1S/C15H15NO4/c1-3-19-12-8-7-11(14(17)15(18)20-4-2)10-6-5-9-16-13(10)12/h5-9H,3-4H2,1-2H3. The maximum absolute atomic E-state index is 12.1. The van der Waals surface area contributed by atoms with Crippen molar-refractivity contribution in [2.24, 2.45) is 0 Å². The van der Waals surface area contributed by atoms with Crippen LogP contribution >= 0.6 is 0 Å². The molecular formula is C15H15NO4. The smallest absolute Gasteiger partial charge is 0.379 e. The molecule has 0 bridgehead atoms. The number of rotatable bonds is 5. The predicted molar refractivity (Wildman–Crippen MR) is 73.9 cm³/mol. The second-order valence-electron chi connectivity index (χ2n) is 3.99. The minimum Gasteiger partial charge on any atom is -0.492 e. The molecule has 5 nitrogen and oxygen atoms in total. The molecule has 0 saturated heterocycles. The number of ketones is 1.